The average molecular weight is 335 g/mol. The quantitative estimate of drug-likeness (QED) is 0.881. The Hall–Kier alpha value is -1.79. The van der Waals surface area contributed by atoms with Crippen molar-refractivity contribution >= 4 is 33.2 Å². The second kappa shape index (κ2) is 7.47. The lowest BCUT2D eigenvalue weighted by Crippen LogP contribution is -2.14. The number of carbonyl (C=O) groups is 1. The molecule has 0 aliphatic rings. The van der Waals surface area contributed by atoms with Gasteiger partial charge < -0.3 is 5.32 Å². The van der Waals surface area contributed by atoms with E-state index >= 15 is 0 Å². The van der Waals surface area contributed by atoms with Crippen LogP contribution >= 0.6 is 11.8 Å². The van der Waals surface area contributed by atoms with Crippen LogP contribution in [0.3, 0.4) is 0 Å². The van der Waals surface area contributed by atoms with E-state index in [0.717, 1.165) is 12.0 Å². The third-order valence-electron chi connectivity index (χ3n) is 2.89. The van der Waals surface area contributed by atoms with E-state index in [-0.39, 0.29) is 10.8 Å². The van der Waals surface area contributed by atoms with Gasteiger partial charge in [0.1, 0.15) is 0 Å². The number of amides is 1. The van der Waals surface area contributed by atoms with Gasteiger partial charge in [-0.2, -0.15) is 0 Å². The van der Waals surface area contributed by atoms with E-state index in [9.17, 15) is 13.2 Å². The number of benzene rings is 2. The van der Waals surface area contributed by atoms with Gasteiger partial charge in [0, 0.05) is 17.7 Å². The topological polar surface area (TPSA) is 63.2 Å². The maximum atomic E-state index is 11.9. The largest absolute Gasteiger partial charge is 0.325 e. The molecule has 0 spiro atoms. The van der Waals surface area contributed by atoms with Gasteiger partial charge in [0.2, 0.25) is 5.91 Å². The highest BCUT2D eigenvalue weighted by molar-refractivity contribution is 7.99. The highest BCUT2D eigenvalue weighted by Gasteiger charge is 2.09. The molecule has 2 aromatic carbocycles. The molecule has 6 heteroatoms. The lowest BCUT2D eigenvalue weighted by Gasteiger charge is -2.07. The van der Waals surface area contributed by atoms with E-state index in [2.05, 4.69) is 5.32 Å². The molecule has 0 atom stereocenters. The molecule has 0 aliphatic carbocycles. The Labute approximate surface area is 134 Å². The zero-order chi connectivity index (χ0) is 16.0. The van der Waals surface area contributed by atoms with Crippen LogP contribution in [0.15, 0.2) is 59.5 Å². The molecule has 116 valence electrons. The number of rotatable bonds is 6. The molecule has 1 N–H and O–H groups in total. The smallest absolute Gasteiger partial charge is 0.234 e. The van der Waals surface area contributed by atoms with Crippen LogP contribution in [0.4, 0.5) is 5.69 Å². The van der Waals surface area contributed by atoms with E-state index in [0.29, 0.717) is 11.4 Å². The summed E-state index contributed by atoms with van der Waals surface area (Å²) in [6.45, 7) is 0. The van der Waals surface area contributed by atoms with Crippen LogP contribution in [0.25, 0.3) is 0 Å². The summed E-state index contributed by atoms with van der Waals surface area (Å²) in [4.78, 5) is 12.1. The molecule has 0 heterocycles. The first-order chi connectivity index (χ1) is 10.4. The summed E-state index contributed by atoms with van der Waals surface area (Å²) in [5.74, 6) is 0.932. The van der Waals surface area contributed by atoms with Crippen molar-refractivity contribution in [1.29, 1.82) is 0 Å². The molecule has 2 aromatic rings. The summed E-state index contributed by atoms with van der Waals surface area (Å²) < 4.78 is 23.0. The number of anilines is 1. The zero-order valence-electron chi connectivity index (χ0n) is 12.2. The summed E-state index contributed by atoms with van der Waals surface area (Å²) in [6.07, 6.45) is 1.14. The molecular weight excluding hydrogens is 318 g/mol. The lowest BCUT2D eigenvalue weighted by molar-refractivity contribution is -0.113. The predicted octanol–water partition coefficient (Wildman–Crippen LogP) is 2.96. The van der Waals surface area contributed by atoms with Gasteiger partial charge in [-0.1, -0.05) is 36.4 Å². The second-order valence-corrected chi connectivity index (χ2v) is 7.83. The molecule has 0 aromatic heterocycles. The average Bonchev–Trinajstić information content (AvgIpc) is 2.48. The third kappa shape index (κ3) is 5.20. The lowest BCUT2D eigenvalue weighted by atomic mass is 10.2. The molecule has 0 bridgehead atoms. The van der Waals surface area contributed by atoms with Crippen LogP contribution in [0.1, 0.15) is 5.56 Å². The monoisotopic (exact) mass is 335 g/mol. The molecule has 1 amide bonds. The molecule has 0 unspecified atom stereocenters. The second-order valence-electron chi connectivity index (χ2n) is 4.83. The minimum atomic E-state index is -3.27. The van der Waals surface area contributed by atoms with Gasteiger partial charge in [0.15, 0.2) is 9.84 Å². The normalized spacial score (nSPS) is 11.1. The van der Waals surface area contributed by atoms with Gasteiger partial charge in [-0.3, -0.25) is 4.79 Å². The summed E-state index contributed by atoms with van der Waals surface area (Å²) >= 11 is 1.51. The minimum absolute atomic E-state index is 0.147. The third-order valence-corrected chi connectivity index (χ3v) is 5.00. The first-order valence-corrected chi connectivity index (χ1v) is 9.71. The summed E-state index contributed by atoms with van der Waals surface area (Å²) in [5.41, 5.74) is 1.66. The van der Waals surface area contributed by atoms with Crippen molar-refractivity contribution in [3.8, 4) is 0 Å². The van der Waals surface area contributed by atoms with Gasteiger partial charge >= 0.3 is 0 Å². The Bertz CT molecular complexity index is 743. The van der Waals surface area contributed by atoms with Gasteiger partial charge in [-0.25, -0.2) is 8.42 Å². The molecule has 4 nitrogen and oxygen atoms in total. The van der Waals surface area contributed by atoms with Crippen molar-refractivity contribution < 1.29 is 13.2 Å². The molecule has 0 saturated heterocycles. The maximum absolute atomic E-state index is 11.9. The Morgan fingerprint density at radius 3 is 2.50 bits per heavy atom. The maximum Gasteiger partial charge on any atom is 0.234 e. The van der Waals surface area contributed by atoms with Crippen molar-refractivity contribution in [2.45, 2.75) is 10.6 Å². The van der Waals surface area contributed by atoms with Gasteiger partial charge in [0.25, 0.3) is 0 Å². The number of sulfone groups is 1. The van der Waals surface area contributed by atoms with Crippen molar-refractivity contribution in [2.24, 2.45) is 0 Å². The van der Waals surface area contributed by atoms with Gasteiger partial charge in [0.05, 0.1) is 10.6 Å². The van der Waals surface area contributed by atoms with Crippen LogP contribution in [0.2, 0.25) is 0 Å². The Kier molecular flexibility index (Phi) is 5.63. The van der Waals surface area contributed by atoms with Crippen molar-refractivity contribution in [1.82, 2.24) is 0 Å². The molecule has 0 fully saturated rings. The van der Waals surface area contributed by atoms with Crippen LogP contribution in [-0.2, 0) is 20.4 Å². The van der Waals surface area contributed by atoms with E-state index in [4.69, 9.17) is 0 Å². The predicted molar refractivity (Wildman–Crippen MR) is 90.8 cm³/mol. The summed E-state index contributed by atoms with van der Waals surface area (Å²) in [6, 6.07) is 16.2. The Balaban J connectivity index is 1.87. The number of nitrogens with one attached hydrogen (secondary N) is 1. The van der Waals surface area contributed by atoms with Gasteiger partial charge in [-0.05, 0) is 23.8 Å². The molecule has 0 saturated carbocycles. The highest BCUT2D eigenvalue weighted by Crippen LogP contribution is 2.16. The molecular formula is C16H17NO3S2. The fourth-order valence-electron chi connectivity index (χ4n) is 1.84. The van der Waals surface area contributed by atoms with Crippen LogP contribution in [0.5, 0.6) is 0 Å². The number of thioether (sulfide) groups is 1. The van der Waals surface area contributed by atoms with E-state index < -0.39 is 9.84 Å². The molecule has 2 rings (SSSR count). The van der Waals surface area contributed by atoms with Crippen LogP contribution < -0.4 is 5.32 Å². The molecule has 0 aliphatic heterocycles. The fraction of sp³-hybridized carbons (Fsp3) is 0.188. The zero-order valence-corrected chi connectivity index (χ0v) is 13.8. The summed E-state index contributed by atoms with van der Waals surface area (Å²) in [7, 11) is -3.27. The van der Waals surface area contributed by atoms with E-state index in [1.54, 1.807) is 12.1 Å². The fourth-order valence-corrected chi connectivity index (χ4v) is 3.29. The van der Waals surface area contributed by atoms with Gasteiger partial charge in [-0.15, -0.1) is 11.8 Å². The Morgan fingerprint density at radius 1 is 1.09 bits per heavy atom. The highest BCUT2D eigenvalue weighted by atomic mass is 32.2. The van der Waals surface area contributed by atoms with E-state index in [1.165, 1.54) is 29.5 Å². The van der Waals surface area contributed by atoms with Crippen molar-refractivity contribution in [2.75, 3.05) is 17.3 Å². The first-order valence-electron chi connectivity index (χ1n) is 6.67. The standard InChI is InChI=1S/C16H17NO3S2/c1-22(19,20)15-9-5-8-14(10-15)17-16(18)12-21-11-13-6-3-2-4-7-13/h2-10H,11-12H2,1H3,(H,17,18). The first kappa shape index (κ1) is 16.6. The summed E-state index contributed by atoms with van der Waals surface area (Å²) in [5, 5.41) is 2.72. The Morgan fingerprint density at radius 2 is 1.82 bits per heavy atom. The van der Waals surface area contributed by atoms with E-state index in [1.807, 2.05) is 30.3 Å². The number of hydrogen-bond donors (Lipinski definition) is 1. The minimum Gasteiger partial charge on any atom is -0.325 e. The van der Waals surface area contributed by atoms with Crippen molar-refractivity contribution in [3.05, 3.63) is 60.2 Å². The molecule has 0 radical (unpaired) electrons. The number of hydrogen-bond acceptors (Lipinski definition) is 4. The molecule has 22 heavy (non-hydrogen) atoms. The van der Waals surface area contributed by atoms with Crippen LogP contribution in [0, 0.1) is 0 Å². The van der Waals surface area contributed by atoms with Crippen molar-refractivity contribution in [3.63, 3.8) is 0 Å². The SMILES string of the molecule is CS(=O)(=O)c1cccc(NC(=O)CSCc2ccccc2)c1. The number of carbonyl (C=O) groups excluding carboxylic acids is 1. The van der Waals surface area contributed by atoms with Crippen LogP contribution in [-0.4, -0.2) is 26.3 Å².